The van der Waals surface area contributed by atoms with Crippen molar-refractivity contribution in [2.45, 2.75) is 25.0 Å². The van der Waals surface area contributed by atoms with Crippen LogP contribution in [0.25, 0.3) is 0 Å². The quantitative estimate of drug-likeness (QED) is 0.776. The lowest BCUT2D eigenvalue weighted by Gasteiger charge is -2.31. The molecular weight excluding hydrogens is 228 g/mol. The monoisotopic (exact) mass is 246 g/mol. The van der Waals surface area contributed by atoms with Crippen molar-refractivity contribution in [1.82, 2.24) is 10.2 Å². The second-order valence-corrected chi connectivity index (χ2v) is 5.13. The van der Waals surface area contributed by atoms with Crippen LogP contribution in [0.2, 0.25) is 0 Å². The van der Waals surface area contributed by atoms with Crippen LogP contribution in [0.5, 0.6) is 0 Å². The molecule has 0 spiro atoms. The van der Waals surface area contributed by atoms with Crippen LogP contribution in [0, 0.1) is 0 Å². The summed E-state index contributed by atoms with van der Waals surface area (Å²) in [4.78, 5) is 23.7. The standard InChI is InChI=1S/C10H18N2O3S/c1-2-8-7-12(5-6-16-8)10(15)11-4-3-9(13)14/h8H,2-7H2,1H3,(H,11,15)(H,13,14). The molecule has 0 aromatic heterocycles. The zero-order chi connectivity index (χ0) is 12.0. The number of hydrogen-bond acceptors (Lipinski definition) is 3. The molecule has 92 valence electrons. The van der Waals surface area contributed by atoms with Gasteiger partial charge in [-0.3, -0.25) is 4.79 Å². The van der Waals surface area contributed by atoms with Crippen LogP contribution in [0.4, 0.5) is 4.79 Å². The summed E-state index contributed by atoms with van der Waals surface area (Å²) >= 11 is 1.90. The highest BCUT2D eigenvalue weighted by atomic mass is 32.2. The summed E-state index contributed by atoms with van der Waals surface area (Å²) in [7, 11) is 0. The van der Waals surface area contributed by atoms with Gasteiger partial charge in [-0.05, 0) is 6.42 Å². The molecular formula is C10H18N2O3S. The molecule has 2 N–H and O–H groups in total. The number of carbonyl (C=O) groups is 2. The second-order valence-electron chi connectivity index (χ2n) is 3.72. The van der Waals surface area contributed by atoms with Gasteiger partial charge >= 0.3 is 12.0 Å². The molecule has 0 bridgehead atoms. The predicted molar refractivity (Wildman–Crippen MR) is 63.8 cm³/mol. The van der Waals surface area contributed by atoms with Crippen LogP contribution in [0.1, 0.15) is 19.8 Å². The Labute approximate surface area is 99.6 Å². The van der Waals surface area contributed by atoms with Crippen molar-refractivity contribution in [2.75, 3.05) is 25.4 Å². The van der Waals surface area contributed by atoms with Crippen molar-refractivity contribution in [3.8, 4) is 0 Å². The maximum absolute atomic E-state index is 11.7. The van der Waals surface area contributed by atoms with Gasteiger partial charge in [-0.2, -0.15) is 11.8 Å². The lowest BCUT2D eigenvalue weighted by atomic mass is 10.3. The van der Waals surface area contributed by atoms with E-state index in [1.54, 1.807) is 4.90 Å². The Bertz CT molecular complexity index is 260. The highest BCUT2D eigenvalue weighted by Gasteiger charge is 2.22. The van der Waals surface area contributed by atoms with E-state index in [2.05, 4.69) is 12.2 Å². The van der Waals surface area contributed by atoms with Gasteiger partial charge in [-0.25, -0.2) is 4.79 Å². The number of nitrogens with one attached hydrogen (secondary N) is 1. The van der Waals surface area contributed by atoms with Gasteiger partial charge in [0.25, 0.3) is 0 Å². The van der Waals surface area contributed by atoms with E-state index >= 15 is 0 Å². The first-order chi connectivity index (χ1) is 7.63. The number of hydrogen-bond donors (Lipinski definition) is 2. The number of rotatable bonds is 4. The molecule has 16 heavy (non-hydrogen) atoms. The molecule has 1 heterocycles. The topological polar surface area (TPSA) is 69.6 Å². The summed E-state index contributed by atoms with van der Waals surface area (Å²) < 4.78 is 0. The first-order valence-electron chi connectivity index (χ1n) is 5.49. The smallest absolute Gasteiger partial charge is 0.317 e. The van der Waals surface area contributed by atoms with Crippen molar-refractivity contribution >= 4 is 23.8 Å². The summed E-state index contributed by atoms with van der Waals surface area (Å²) in [6, 6.07) is -0.139. The Hall–Kier alpha value is -0.910. The first-order valence-corrected chi connectivity index (χ1v) is 6.54. The molecule has 1 aliphatic heterocycles. The Morgan fingerprint density at radius 1 is 1.56 bits per heavy atom. The fraction of sp³-hybridized carbons (Fsp3) is 0.800. The van der Waals surface area contributed by atoms with Crippen LogP contribution in [-0.2, 0) is 4.79 Å². The van der Waals surface area contributed by atoms with E-state index in [1.165, 1.54) is 0 Å². The van der Waals surface area contributed by atoms with Crippen molar-refractivity contribution in [2.24, 2.45) is 0 Å². The number of carboxylic acids is 1. The number of carboxylic acid groups (broad SMARTS) is 1. The van der Waals surface area contributed by atoms with Gasteiger partial charge in [-0.1, -0.05) is 6.92 Å². The first kappa shape index (κ1) is 13.2. The molecule has 1 atom stereocenters. The van der Waals surface area contributed by atoms with Gasteiger partial charge in [0.2, 0.25) is 0 Å². The van der Waals surface area contributed by atoms with Crippen molar-refractivity contribution in [1.29, 1.82) is 0 Å². The van der Waals surface area contributed by atoms with E-state index in [4.69, 9.17) is 5.11 Å². The third-order valence-corrected chi connectivity index (χ3v) is 3.87. The molecule has 2 amide bonds. The van der Waals surface area contributed by atoms with Crippen molar-refractivity contribution in [3.63, 3.8) is 0 Å². The number of aliphatic carboxylic acids is 1. The average Bonchev–Trinajstić information content (AvgIpc) is 2.28. The Balaban J connectivity index is 2.27. The molecule has 1 rings (SSSR count). The van der Waals surface area contributed by atoms with E-state index in [0.29, 0.717) is 5.25 Å². The van der Waals surface area contributed by atoms with Gasteiger partial charge in [-0.15, -0.1) is 0 Å². The largest absolute Gasteiger partial charge is 0.481 e. The predicted octanol–water partition coefficient (Wildman–Crippen LogP) is 0.998. The average molecular weight is 246 g/mol. The van der Waals surface area contributed by atoms with Gasteiger partial charge in [0.1, 0.15) is 0 Å². The highest BCUT2D eigenvalue weighted by Crippen LogP contribution is 2.20. The Kier molecular flexibility index (Phi) is 5.45. The highest BCUT2D eigenvalue weighted by molar-refractivity contribution is 8.00. The second kappa shape index (κ2) is 6.62. The maximum Gasteiger partial charge on any atom is 0.317 e. The van der Waals surface area contributed by atoms with Gasteiger partial charge in [0.05, 0.1) is 6.42 Å². The summed E-state index contributed by atoms with van der Waals surface area (Å²) in [6.07, 6.45) is 1.04. The molecule has 0 aliphatic carbocycles. The van der Waals surface area contributed by atoms with E-state index in [0.717, 1.165) is 25.3 Å². The number of urea groups is 1. The number of thioether (sulfide) groups is 1. The summed E-state index contributed by atoms with van der Waals surface area (Å²) in [6.45, 7) is 3.83. The third kappa shape index (κ3) is 4.30. The van der Waals surface area contributed by atoms with E-state index in [1.807, 2.05) is 11.8 Å². The zero-order valence-electron chi connectivity index (χ0n) is 9.44. The van der Waals surface area contributed by atoms with E-state index in [-0.39, 0.29) is 19.0 Å². The molecule has 1 fully saturated rings. The van der Waals surface area contributed by atoms with Crippen molar-refractivity contribution in [3.05, 3.63) is 0 Å². The minimum atomic E-state index is -0.888. The summed E-state index contributed by atoms with van der Waals surface area (Å²) in [5.41, 5.74) is 0. The van der Waals surface area contributed by atoms with Gasteiger partial charge in [0.15, 0.2) is 0 Å². The minimum Gasteiger partial charge on any atom is -0.481 e. The molecule has 5 nitrogen and oxygen atoms in total. The molecule has 0 aromatic rings. The fourth-order valence-corrected chi connectivity index (χ4v) is 2.72. The number of nitrogens with zero attached hydrogens (tertiary/aromatic N) is 1. The van der Waals surface area contributed by atoms with Crippen molar-refractivity contribution < 1.29 is 14.7 Å². The fourth-order valence-electron chi connectivity index (χ4n) is 1.54. The SMILES string of the molecule is CCC1CN(C(=O)NCCC(=O)O)CCS1. The molecule has 1 saturated heterocycles. The van der Waals surface area contributed by atoms with Crippen LogP contribution < -0.4 is 5.32 Å². The molecule has 1 aliphatic rings. The molecule has 0 radical (unpaired) electrons. The summed E-state index contributed by atoms with van der Waals surface area (Å²) in [5, 5.41) is 11.6. The van der Waals surface area contributed by atoms with Gasteiger partial charge in [0, 0.05) is 30.6 Å². The summed E-state index contributed by atoms with van der Waals surface area (Å²) in [5.74, 6) is 0.0751. The Morgan fingerprint density at radius 2 is 2.31 bits per heavy atom. The normalized spacial score (nSPS) is 20.6. The molecule has 0 aromatic carbocycles. The molecule has 1 unspecified atom stereocenters. The number of amides is 2. The van der Waals surface area contributed by atoms with Crippen LogP contribution >= 0.6 is 11.8 Å². The van der Waals surface area contributed by atoms with Crippen LogP contribution in [0.3, 0.4) is 0 Å². The van der Waals surface area contributed by atoms with Gasteiger partial charge < -0.3 is 15.3 Å². The van der Waals surface area contributed by atoms with E-state index < -0.39 is 5.97 Å². The van der Waals surface area contributed by atoms with Crippen LogP contribution in [0.15, 0.2) is 0 Å². The van der Waals surface area contributed by atoms with E-state index in [9.17, 15) is 9.59 Å². The lowest BCUT2D eigenvalue weighted by molar-refractivity contribution is -0.136. The number of carbonyl (C=O) groups excluding carboxylic acids is 1. The zero-order valence-corrected chi connectivity index (χ0v) is 10.3. The molecule has 0 saturated carbocycles. The van der Waals surface area contributed by atoms with Crippen LogP contribution in [-0.4, -0.2) is 52.6 Å². The maximum atomic E-state index is 11.7. The lowest BCUT2D eigenvalue weighted by Crippen LogP contribution is -2.47. The third-order valence-electron chi connectivity index (χ3n) is 2.50. The molecule has 6 heteroatoms. The Morgan fingerprint density at radius 3 is 2.94 bits per heavy atom. The minimum absolute atomic E-state index is 0.0223.